The van der Waals surface area contributed by atoms with Crippen LogP contribution in [0.15, 0.2) is 18.2 Å². The Bertz CT molecular complexity index is 540. The van der Waals surface area contributed by atoms with Gasteiger partial charge >= 0.3 is 0 Å². The average molecular weight is 310 g/mol. The molecule has 1 aromatic carbocycles. The molecule has 1 saturated heterocycles. The Morgan fingerprint density at radius 3 is 2.67 bits per heavy atom. The van der Waals surface area contributed by atoms with Gasteiger partial charge in [0.05, 0.1) is 12.1 Å². The minimum absolute atomic E-state index is 0.0345. The number of likely N-dealkylation sites (tertiary alicyclic amines) is 1. The van der Waals surface area contributed by atoms with Gasteiger partial charge in [0, 0.05) is 23.8 Å². The van der Waals surface area contributed by atoms with Crippen LogP contribution < -0.4 is 11.1 Å². The van der Waals surface area contributed by atoms with E-state index in [1.54, 1.807) is 12.1 Å². The fraction of sp³-hybridized carbons (Fsp3) is 0.467. The topological polar surface area (TPSA) is 75.4 Å². The number of nitrogens with two attached hydrogens (primary N) is 1. The molecule has 2 rings (SSSR count). The Hall–Kier alpha value is -1.75. The van der Waals surface area contributed by atoms with Crippen LogP contribution in [0.4, 0.5) is 5.69 Å². The molecule has 1 aliphatic heterocycles. The van der Waals surface area contributed by atoms with E-state index in [1.807, 2.05) is 4.90 Å². The average Bonchev–Trinajstić information content (AvgIpc) is 2.46. The third-order valence-electron chi connectivity index (χ3n) is 3.81. The van der Waals surface area contributed by atoms with E-state index in [-0.39, 0.29) is 12.5 Å². The molecule has 0 unspecified atom stereocenters. The smallest absolute Gasteiger partial charge is 0.250 e. The second kappa shape index (κ2) is 6.80. The second-order valence-electron chi connectivity index (χ2n) is 5.47. The monoisotopic (exact) mass is 309 g/mol. The number of nitrogens with zero attached hydrogens (tertiary/aromatic N) is 1. The molecule has 0 radical (unpaired) electrons. The molecule has 3 N–H and O–H groups in total. The second-order valence-corrected chi connectivity index (χ2v) is 5.91. The van der Waals surface area contributed by atoms with Crippen molar-refractivity contribution in [2.24, 2.45) is 11.7 Å². The third-order valence-corrected chi connectivity index (χ3v) is 4.05. The number of carbonyl (C=O) groups is 2. The third kappa shape index (κ3) is 4.11. The highest BCUT2D eigenvalue weighted by atomic mass is 35.5. The molecule has 6 heteroatoms. The lowest BCUT2D eigenvalue weighted by molar-refractivity contribution is -0.130. The number of piperidine rings is 1. The van der Waals surface area contributed by atoms with Crippen LogP contribution >= 0.6 is 11.6 Å². The molecule has 0 saturated carbocycles. The van der Waals surface area contributed by atoms with E-state index >= 15 is 0 Å². The molecule has 114 valence electrons. The summed E-state index contributed by atoms with van der Waals surface area (Å²) in [4.78, 5) is 25.4. The van der Waals surface area contributed by atoms with Gasteiger partial charge < -0.3 is 16.0 Å². The molecule has 1 heterocycles. The minimum Gasteiger partial charge on any atom is -0.376 e. The standard InChI is InChI=1S/C15H20ClN3O2/c1-10-4-6-19(7-5-10)14(20)9-18-13-3-2-11(16)8-12(13)15(17)21/h2-3,8,10,18H,4-7,9H2,1H3,(H2,17,21). The van der Waals surface area contributed by atoms with Crippen molar-refractivity contribution in [2.45, 2.75) is 19.8 Å². The summed E-state index contributed by atoms with van der Waals surface area (Å²) >= 11 is 5.85. The molecule has 0 aromatic heterocycles. The van der Waals surface area contributed by atoms with Crippen molar-refractivity contribution < 1.29 is 9.59 Å². The van der Waals surface area contributed by atoms with Crippen molar-refractivity contribution in [3.8, 4) is 0 Å². The number of nitrogens with one attached hydrogen (secondary N) is 1. The van der Waals surface area contributed by atoms with Gasteiger partial charge in [-0.25, -0.2) is 0 Å². The lowest BCUT2D eigenvalue weighted by atomic mass is 9.99. The van der Waals surface area contributed by atoms with Crippen molar-refractivity contribution in [3.05, 3.63) is 28.8 Å². The molecule has 5 nitrogen and oxygen atoms in total. The van der Waals surface area contributed by atoms with E-state index in [9.17, 15) is 9.59 Å². The molecule has 2 amide bonds. The Morgan fingerprint density at radius 1 is 1.38 bits per heavy atom. The number of rotatable bonds is 4. The summed E-state index contributed by atoms with van der Waals surface area (Å²) < 4.78 is 0. The number of hydrogen-bond donors (Lipinski definition) is 2. The largest absolute Gasteiger partial charge is 0.376 e. The SMILES string of the molecule is CC1CCN(C(=O)CNc2ccc(Cl)cc2C(N)=O)CC1. The number of halogens is 1. The summed E-state index contributed by atoms with van der Waals surface area (Å²) in [6, 6.07) is 4.82. The zero-order valence-electron chi connectivity index (χ0n) is 12.1. The van der Waals surface area contributed by atoms with Gasteiger partial charge in [-0.3, -0.25) is 9.59 Å². The van der Waals surface area contributed by atoms with E-state index < -0.39 is 5.91 Å². The maximum atomic E-state index is 12.1. The zero-order chi connectivity index (χ0) is 15.4. The first-order valence-electron chi connectivity index (χ1n) is 7.08. The predicted molar refractivity (Wildman–Crippen MR) is 83.4 cm³/mol. The quantitative estimate of drug-likeness (QED) is 0.894. The Labute approximate surface area is 129 Å². The summed E-state index contributed by atoms with van der Waals surface area (Å²) in [5.74, 6) is 0.145. The normalized spacial score (nSPS) is 15.8. The summed E-state index contributed by atoms with van der Waals surface area (Å²) in [5.41, 5.74) is 6.14. The van der Waals surface area contributed by atoms with Gasteiger partial charge in [-0.15, -0.1) is 0 Å². The van der Waals surface area contributed by atoms with Gasteiger partial charge in [-0.05, 0) is 37.0 Å². The van der Waals surface area contributed by atoms with Crippen LogP contribution in [0.3, 0.4) is 0 Å². The number of benzene rings is 1. The number of anilines is 1. The van der Waals surface area contributed by atoms with Gasteiger partial charge in [0.15, 0.2) is 0 Å². The molecule has 21 heavy (non-hydrogen) atoms. The highest BCUT2D eigenvalue weighted by molar-refractivity contribution is 6.31. The van der Waals surface area contributed by atoms with E-state index in [0.717, 1.165) is 25.9 Å². The number of hydrogen-bond acceptors (Lipinski definition) is 3. The van der Waals surface area contributed by atoms with Crippen LogP contribution in [0, 0.1) is 5.92 Å². The first kappa shape index (κ1) is 15.6. The summed E-state index contributed by atoms with van der Waals surface area (Å²) in [6.07, 6.45) is 2.08. The molecular formula is C15H20ClN3O2. The maximum absolute atomic E-state index is 12.1. The van der Waals surface area contributed by atoms with Crippen LogP contribution in [0.2, 0.25) is 5.02 Å². The highest BCUT2D eigenvalue weighted by Gasteiger charge is 2.20. The van der Waals surface area contributed by atoms with Gasteiger partial charge in [-0.1, -0.05) is 18.5 Å². The van der Waals surface area contributed by atoms with Crippen LogP contribution in [-0.4, -0.2) is 36.3 Å². The fourth-order valence-corrected chi connectivity index (χ4v) is 2.59. The first-order valence-corrected chi connectivity index (χ1v) is 7.46. The molecule has 1 aromatic rings. The van der Waals surface area contributed by atoms with Crippen LogP contribution in [0.25, 0.3) is 0 Å². The molecule has 0 aliphatic carbocycles. The number of primary amides is 1. The first-order chi connectivity index (χ1) is 9.97. The predicted octanol–water partition coefficient (Wildman–Crippen LogP) is 2.11. The highest BCUT2D eigenvalue weighted by Crippen LogP contribution is 2.20. The molecule has 0 bridgehead atoms. The maximum Gasteiger partial charge on any atom is 0.250 e. The van der Waals surface area contributed by atoms with Crippen molar-refractivity contribution in [1.82, 2.24) is 4.90 Å². The summed E-state index contributed by atoms with van der Waals surface area (Å²) in [5, 5.41) is 3.42. The van der Waals surface area contributed by atoms with E-state index in [0.29, 0.717) is 22.2 Å². The van der Waals surface area contributed by atoms with Crippen molar-refractivity contribution in [1.29, 1.82) is 0 Å². The Kier molecular flexibility index (Phi) is 5.07. The van der Waals surface area contributed by atoms with Crippen molar-refractivity contribution >= 4 is 29.1 Å². The van der Waals surface area contributed by atoms with Gasteiger partial charge in [-0.2, -0.15) is 0 Å². The molecule has 1 fully saturated rings. The van der Waals surface area contributed by atoms with Gasteiger partial charge in [0.1, 0.15) is 0 Å². The molecule has 0 atom stereocenters. The van der Waals surface area contributed by atoms with Crippen LogP contribution in [-0.2, 0) is 4.79 Å². The zero-order valence-corrected chi connectivity index (χ0v) is 12.8. The van der Waals surface area contributed by atoms with E-state index in [1.165, 1.54) is 6.07 Å². The fourth-order valence-electron chi connectivity index (χ4n) is 2.42. The van der Waals surface area contributed by atoms with E-state index in [4.69, 9.17) is 17.3 Å². The minimum atomic E-state index is -0.570. The lowest BCUT2D eigenvalue weighted by Gasteiger charge is -2.30. The lowest BCUT2D eigenvalue weighted by Crippen LogP contribution is -2.41. The van der Waals surface area contributed by atoms with E-state index in [2.05, 4.69) is 12.2 Å². The van der Waals surface area contributed by atoms with Crippen molar-refractivity contribution in [3.63, 3.8) is 0 Å². The Morgan fingerprint density at radius 2 is 2.05 bits per heavy atom. The van der Waals surface area contributed by atoms with Crippen molar-refractivity contribution in [2.75, 3.05) is 25.0 Å². The van der Waals surface area contributed by atoms with Crippen LogP contribution in [0.1, 0.15) is 30.1 Å². The summed E-state index contributed by atoms with van der Waals surface area (Å²) in [7, 11) is 0. The molecule has 0 spiro atoms. The molecular weight excluding hydrogens is 290 g/mol. The summed E-state index contributed by atoms with van der Waals surface area (Å²) in [6.45, 7) is 3.94. The van der Waals surface area contributed by atoms with Gasteiger partial charge in [0.25, 0.3) is 5.91 Å². The number of amides is 2. The van der Waals surface area contributed by atoms with Gasteiger partial charge in [0.2, 0.25) is 5.91 Å². The Balaban J connectivity index is 1.96. The van der Waals surface area contributed by atoms with Crippen LogP contribution in [0.5, 0.6) is 0 Å². The molecule has 1 aliphatic rings. The number of carbonyl (C=O) groups excluding carboxylic acids is 2.